The first-order valence-corrected chi connectivity index (χ1v) is 9.00. The highest BCUT2D eigenvalue weighted by molar-refractivity contribution is 7.71. The number of anilines is 2. The maximum atomic E-state index is 12.1. The first-order chi connectivity index (χ1) is 12.5. The Kier molecular flexibility index (Phi) is 5.67. The number of nitrogens with zero attached hydrogens (tertiary/aromatic N) is 3. The lowest BCUT2D eigenvalue weighted by Gasteiger charge is -2.29. The van der Waals surface area contributed by atoms with E-state index in [9.17, 15) is 9.59 Å². The van der Waals surface area contributed by atoms with Crippen molar-refractivity contribution in [1.29, 1.82) is 0 Å². The molecule has 1 aliphatic heterocycles. The van der Waals surface area contributed by atoms with Crippen LogP contribution in [-0.4, -0.2) is 39.7 Å². The second kappa shape index (κ2) is 8.13. The fraction of sp³-hybridized carbons (Fsp3) is 0.412. The Balaban J connectivity index is 1.57. The Labute approximate surface area is 156 Å². The van der Waals surface area contributed by atoms with E-state index in [0.29, 0.717) is 16.3 Å². The van der Waals surface area contributed by atoms with Crippen molar-refractivity contribution < 1.29 is 9.59 Å². The molecule has 0 saturated carbocycles. The molecule has 0 atom stereocenters. The van der Waals surface area contributed by atoms with Gasteiger partial charge in [-0.25, -0.2) is 0 Å². The lowest BCUT2D eigenvalue weighted by Crippen LogP contribution is -2.35. The molecule has 3 rings (SSSR count). The molecule has 2 aromatic rings. The van der Waals surface area contributed by atoms with E-state index >= 15 is 0 Å². The highest BCUT2D eigenvalue weighted by Gasteiger charge is 2.16. The molecule has 0 unspecified atom stereocenters. The van der Waals surface area contributed by atoms with Gasteiger partial charge in [0.05, 0.1) is 6.54 Å². The zero-order valence-corrected chi connectivity index (χ0v) is 15.4. The number of amides is 2. The van der Waals surface area contributed by atoms with Crippen molar-refractivity contribution in [1.82, 2.24) is 20.1 Å². The molecule has 1 aliphatic rings. The third kappa shape index (κ3) is 4.29. The van der Waals surface area contributed by atoms with E-state index < -0.39 is 11.8 Å². The molecular formula is C17H22N6O2S. The van der Waals surface area contributed by atoms with Gasteiger partial charge in [0.25, 0.3) is 0 Å². The van der Waals surface area contributed by atoms with Gasteiger partial charge in [0.1, 0.15) is 0 Å². The SMILES string of the molecule is Cn1c(CNC(=O)C(=O)Nc2cccc(N3CCCCC3)c2)n[nH]c1=S. The maximum absolute atomic E-state index is 12.1. The minimum Gasteiger partial charge on any atom is -0.371 e. The number of carbonyl (C=O) groups is 2. The Morgan fingerprint density at radius 1 is 1.23 bits per heavy atom. The molecule has 1 aromatic carbocycles. The van der Waals surface area contributed by atoms with Gasteiger partial charge in [0.15, 0.2) is 10.6 Å². The summed E-state index contributed by atoms with van der Waals surface area (Å²) in [6.45, 7) is 2.15. The lowest BCUT2D eigenvalue weighted by atomic mass is 10.1. The van der Waals surface area contributed by atoms with Crippen LogP contribution >= 0.6 is 12.2 Å². The van der Waals surface area contributed by atoms with E-state index in [2.05, 4.69) is 25.7 Å². The summed E-state index contributed by atoms with van der Waals surface area (Å²) in [7, 11) is 1.74. The number of hydrogen-bond donors (Lipinski definition) is 3. The van der Waals surface area contributed by atoms with Crippen LogP contribution in [0.2, 0.25) is 0 Å². The molecule has 1 fully saturated rings. The van der Waals surface area contributed by atoms with Crippen LogP contribution in [0.1, 0.15) is 25.1 Å². The van der Waals surface area contributed by atoms with Crippen molar-refractivity contribution >= 4 is 35.4 Å². The van der Waals surface area contributed by atoms with Gasteiger partial charge in [-0.2, -0.15) is 5.10 Å². The minimum atomic E-state index is -0.720. The monoisotopic (exact) mass is 374 g/mol. The van der Waals surface area contributed by atoms with E-state index in [4.69, 9.17) is 12.2 Å². The molecule has 3 N–H and O–H groups in total. The average Bonchev–Trinajstić information content (AvgIpc) is 2.99. The summed E-state index contributed by atoms with van der Waals surface area (Å²) in [6.07, 6.45) is 3.61. The summed E-state index contributed by atoms with van der Waals surface area (Å²) in [4.78, 5) is 26.4. The van der Waals surface area contributed by atoms with Gasteiger partial charge in [0, 0.05) is 31.5 Å². The van der Waals surface area contributed by atoms with Crippen LogP contribution in [0.3, 0.4) is 0 Å². The number of hydrogen-bond acceptors (Lipinski definition) is 5. The number of carbonyl (C=O) groups excluding carboxylic acids is 2. The number of aromatic amines is 1. The zero-order valence-electron chi connectivity index (χ0n) is 14.6. The number of aromatic nitrogens is 3. The van der Waals surface area contributed by atoms with Crippen molar-refractivity contribution in [2.75, 3.05) is 23.3 Å². The van der Waals surface area contributed by atoms with Gasteiger partial charge in [-0.3, -0.25) is 14.7 Å². The fourth-order valence-corrected chi connectivity index (χ4v) is 3.05. The molecule has 1 aromatic heterocycles. The normalized spacial score (nSPS) is 14.1. The van der Waals surface area contributed by atoms with E-state index in [0.717, 1.165) is 18.8 Å². The van der Waals surface area contributed by atoms with Gasteiger partial charge < -0.3 is 20.1 Å². The fourth-order valence-electron chi connectivity index (χ4n) is 2.90. The van der Waals surface area contributed by atoms with Crippen LogP contribution in [-0.2, 0) is 23.2 Å². The molecular weight excluding hydrogens is 352 g/mol. The molecule has 8 nitrogen and oxygen atoms in total. The Bertz CT molecular complexity index is 853. The molecule has 1 saturated heterocycles. The number of nitrogens with one attached hydrogen (secondary N) is 3. The number of rotatable bonds is 4. The van der Waals surface area contributed by atoms with Crippen molar-refractivity contribution in [3.05, 3.63) is 34.9 Å². The van der Waals surface area contributed by atoms with Crippen molar-refractivity contribution in [2.45, 2.75) is 25.8 Å². The summed E-state index contributed by atoms with van der Waals surface area (Å²) < 4.78 is 2.09. The largest absolute Gasteiger partial charge is 0.371 e. The number of H-pyrrole nitrogens is 1. The molecule has 138 valence electrons. The first kappa shape index (κ1) is 18.1. The smallest absolute Gasteiger partial charge is 0.313 e. The van der Waals surface area contributed by atoms with Crippen molar-refractivity contribution in [3.8, 4) is 0 Å². The van der Waals surface area contributed by atoms with Crippen LogP contribution < -0.4 is 15.5 Å². The summed E-state index contributed by atoms with van der Waals surface area (Å²) in [5.74, 6) is -0.886. The van der Waals surface area contributed by atoms with Gasteiger partial charge in [0.2, 0.25) is 0 Å². The van der Waals surface area contributed by atoms with Crippen LogP contribution in [0.4, 0.5) is 11.4 Å². The topological polar surface area (TPSA) is 95.1 Å². The summed E-state index contributed by atoms with van der Waals surface area (Å²) in [5, 5.41) is 11.8. The predicted octanol–water partition coefficient (Wildman–Crippen LogP) is 1.72. The number of piperidine rings is 1. The van der Waals surface area contributed by atoms with E-state index in [1.165, 1.54) is 19.3 Å². The molecule has 26 heavy (non-hydrogen) atoms. The molecule has 0 aliphatic carbocycles. The van der Waals surface area contributed by atoms with Crippen LogP contribution in [0.5, 0.6) is 0 Å². The van der Waals surface area contributed by atoms with Gasteiger partial charge in [-0.15, -0.1) is 0 Å². The third-order valence-corrected chi connectivity index (χ3v) is 4.78. The lowest BCUT2D eigenvalue weighted by molar-refractivity contribution is -0.136. The highest BCUT2D eigenvalue weighted by atomic mass is 32.1. The molecule has 0 spiro atoms. The standard InChI is InChI=1S/C17H22N6O2S/c1-22-14(20-21-17(22)26)11-18-15(24)16(25)19-12-6-5-7-13(10-12)23-8-3-2-4-9-23/h5-7,10H,2-4,8-9,11H2,1H3,(H,18,24)(H,19,25)(H,21,26). The van der Waals surface area contributed by atoms with E-state index in [1.807, 2.05) is 18.2 Å². The minimum absolute atomic E-state index is 0.115. The Morgan fingerprint density at radius 3 is 2.69 bits per heavy atom. The van der Waals surface area contributed by atoms with E-state index in [1.54, 1.807) is 17.7 Å². The molecule has 0 bridgehead atoms. The maximum Gasteiger partial charge on any atom is 0.313 e. The first-order valence-electron chi connectivity index (χ1n) is 8.59. The number of benzene rings is 1. The van der Waals surface area contributed by atoms with Crippen LogP contribution in [0.25, 0.3) is 0 Å². The third-order valence-electron chi connectivity index (χ3n) is 4.41. The summed E-state index contributed by atoms with van der Waals surface area (Å²) in [6, 6.07) is 7.57. The average molecular weight is 374 g/mol. The van der Waals surface area contributed by atoms with E-state index in [-0.39, 0.29) is 6.54 Å². The Hall–Kier alpha value is -2.68. The molecule has 2 amide bonds. The quantitative estimate of drug-likeness (QED) is 0.560. The second-order valence-corrected chi connectivity index (χ2v) is 6.63. The van der Waals surface area contributed by atoms with Crippen molar-refractivity contribution in [3.63, 3.8) is 0 Å². The van der Waals surface area contributed by atoms with Crippen molar-refractivity contribution in [2.24, 2.45) is 7.05 Å². The predicted molar refractivity (Wildman–Crippen MR) is 101 cm³/mol. The molecule has 2 heterocycles. The zero-order chi connectivity index (χ0) is 18.5. The molecule has 9 heteroatoms. The van der Waals surface area contributed by atoms with Gasteiger partial charge in [-0.1, -0.05) is 6.07 Å². The van der Waals surface area contributed by atoms with Crippen LogP contribution in [0.15, 0.2) is 24.3 Å². The molecule has 0 radical (unpaired) electrons. The van der Waals surface area contributed by atoms with Gasteiger partial charge >= 0.3 is 11.8 Å². The summed E-state index contributed by atoms with van der Waals surface area (Å²) in [5.41, 5.74) is 1.66. The van der Waals surface area contributed by atoms with Crippen LogP contribution in [0, 0.1) is 4.77 Å². The van der Waals surface area contributed by atoms with Gasteiger partial charge in [-0.05, 0) is 49.7 Å². The second-order valence-electron chi connectivity index (χ2n) is 6.24. The highest BCUT2D eigenvalue weighted by Crippen LogP contribution is 2.22. The Morgan fingerprint density at radius 2 is 2.00 bits per heavy atom. The summed E-state index contributed by atoms with van der Waals surface area (Å²) >= 11 is 5.01.